The molecule has 1 atom stereocenters. The highest BCUT2D eigenvalue weighted by Crippen LogP contribution is 2.34. The van der Waals surface area contributed by atoms with Gasteiger partial charge in [-0.15, -0.1) is 0 Å². The zero-order chi connectivity index (χ0) is 25.6. The lowest BCUT2D eigenvalue weighted by Crippen LogP contribution is -2.41. The Morgan fingerprint density at radius 2 is 1.45 bits per heavy atom. The standard InChI is InChI=1S/C12H10BrF3N2O2.C8H5F3N2/c1-11(20,6-13)10(19)18-8-3-2-7(5-17)9(4-8)12(14,15)16;9-8(10,11)7-3-6(13)2-1-5(7)4-12/h2-4,20H,6H2,1H3,(H,18,19);1-3H,13H2. The molecule has 0 fully saturated rings. The predicted molar refractivity (Wildman–Crippen MR) is 110 cm³/mol. The fourth-order valence-corrected chi connectivity index (χ4v) is 2.43. The zero-order valence-corrected chi connectivity index (χ0v) is 18.2. The number of hydrogen-bond donors (Lipinski definition) is 3. The Labute approximate surface area is 192 Å². The van der Waals surface area contributed by atoms with Crippen LogP contribution >= 0.6 is 15.9 Å². The summed E-state index contributed by atoms with van der Waals surface area (Å²) in [5, 5.41) is 28.8. The number of rotatable bonds is 3. The molecule has 2 aromatic rings. The highest BCUT2D eigenvalue weighted by Gasteiger charge is 2.35. The molecular formula is C20H15BrF6N4O2. The first-order chi connectivity index (χ1) is 15.1. The van der Waals surface area contributed by atoms with E-state index in [0.717, 1.165) is 24.3 Å². The Morgan fingerprint density at radius 1 is 1.00 bits per heavy atom. The molecule has 0 spiro atoms. The van der Waals surface area contributed by atoms with Crippen LogP contribution in [0.4, 0.5) is 37.7 Å². The Morgan fingerprint density at radius 3 is 1.88 bits per heavy atom. The maximum absolute atomic E-state index is 12.7. The molecule has 33 heavy (non-hydrogen) atoms. The summed E-state index contributed by atoms with van der Waals surface area (Å²) in [5.41, 5.74) is 0.166. The number of amides is 1. The van der Waals surface area contributed by atoms with Gasteiger partial charge in [0.25, 0.3) is 5.91 Å². The minimum absolute atomic E-state index is 0.00803. The van der Waals surface area contributed by atoms with Crippen molar-refractivity contribution >= 4 is 33.2 Å². The number of carbonyl (C=O) groups excluding carboxylic acids is 1. The molecule has 176 valence electrons. The number of hydrogen-bond acceptors (Lipinski definition) is 5. The van der Waals surface area contributed by atoms with Gasteiger partial charge in [-0.05, 0) is 43.3 Å². The molecular weight excluding hydrogens is 522 g/mol. The fraction of sp³-hybridized carbons (Fsp3) is 0.250. The van der Waals surface area contributed by atoms with Crippen molar-refractivity contribution in [1.29, 1.82) is 10.5 Å². The van der Waals surface area contributed by atoms with Gasteiger partial charge in [0, 0.05) is 16.7 Å². The molecule has 2 rings (SSSR count). The highest BCUT2D eigenvalue weighted by molar-refractivity contribution is 9.09. The van der Waals surface area contributed by atoms with Crippen molar-refractivity contribution in [2.75, 3.05) is 16.4 Å². The summed E-state index contributed by atoms with van der Waals surface area (Å²) in [6, 6.07) is 8.72. The van der Waals surface area contributed by atoms with Gasteiger partial charge in [-0.1, -0.05) is 15.9 Å². The van der Waals surface area contributed by atoms with Gasteiger partial charge in [0.2, 0.25) is 0 Å². The number of anilines is 2. The number of nitrogens with zero attached hydrogens (tertiary/aromatic N) is 2. The van der Waals surface area contributed by atoms with E-state index in [-0.39, 0.29) is 16.7 Å². The molecule has 6 nitrogen and oxygen atoms in total. The van der Waals surface area contributed by atoms with Crippen molar-refractivity contribution in [2.45, 2.75) is 24.9 Å². The summed E-state index contributed by atoms with van der Waals surface area (Å²) in [4.78, 5) is 11.6. The van der Waals surface area contributed by atoms with Gasteiger partial charge >= 0.3 is 12.4 Å². The molecule has 1 unspecified atom stereocenters. The monoisotopic (exact) mass is 536 g/mol. The molecule has 0 saturated carbocycles. The number of nitrogen functional groups attached to an aromatic ring is 1. The summed E-state index contributed by atoms with van der Waals surface area (Å²) < 4.78 is 74.8. The molecule has 0 radical (unpaired) electrons. The molecule has 0 bridgehead atoms. The number of nitriles is 2. The molecule has 0 aliphatic carbocycles. The third-order valence-electron chi connectivity index (χ3n) is 3.92. The normalized spacial score (nSPS) is 12.9. The molecule has 2 aromatic carbocycles. The smallest absolute Gasteiger partial charge is 0.399 e. The van der Waals surface area contributed by atoms with Gasteiger partial charge in [-0.3, -0.25) is 4.79 Å². The number of halogens is 7. The van der Waals surface area contributed by atoms with Crippen LogP contribution in [0.3, 0.4) is 0 Å². The number of benzene rings is 2. The van der Waals surface area contributed by atoms with Crippen LogP contribution in [-0.2, 0) is 17.1 Å². The first kappa shape index (κ1) is 27.7. The first-order valence-corrected chi connectivity index (χ1v) is 9.77. The van der Waals surface area contributed by atoms with E-state index in [1.807, 2.05) is 0 Å². The molecule has 0 heterocycles. The van der Waals surface area contributed by atoms with Crippen molar-refractivity contribution in [3.63, 3.8) is 0 Å². The van der Waals surface area contributed by atoms with E-state index in [1.54, 1.807) is 0 Å². The van der Waals surface area contributed by atoms with E-state index < -0.39 is 46.1 Å². The lowest BCUT2D eigenvalue weighted by atomic mass is 10.1. The maximum Gasteiger partial charge on any atom is 0.417 e. The van der Waals surface area contributed by atoms with Crippen LogP contribution in [0.1, 0.15) is 29.2 Å². The second kappa shape index (κ2) is 10.6. The zero-order valence-electron chi connectivity index (χ0n) is 16.6. The summed E-state index contributed by atoms with van der Waals surface area (Å²) in [6.07, 6.45) is -9.23. The van der Waals surface area contributed by atoms with Crippen molar-refractivity contribution in [3.8, 4) is 12.1 Å². The largest absolute Gasteiger partial charge is 0.417 e. The third-order valence-corrected chi connectivity index (χ3v) is 5.01. The summed E-state index contributed by atoms with van der Waals surface area (Å²) >= 11 is 2.92. The number of alkyl halides is 7. The van der Waals surface area contributed by atoms with Crippen LogP contribution in [0.2, 0.25) is 0 Å². The van der Waals surface area contributed by atoms with E-state index in [9.17, 15) is 36.2 Å². The molecule has 4 N–H and O–H groups in total. The molecule has 0 aliphatic rings. The van der Waals surface area contributed by atoms with Crippen molar-refractivity contribution in [3.05, 3.63) is 58.7 Å². The van der Waals surface area contributed by atoms with E-state index in [4.69, 9.17) is 16.3 Å². The highest BCUT2D eigenvalue weighted by atomic mass is 79.9. The Balaban J connectivity index is 0.000000361. The van der Waals surface area contributed by atoms with Gasteiger partial charge < -0.3 is 16.2 Å². The van der Waals surface area contributed by atoms with Gasteiger partial charge in [0.15, 0.2) is 0 Å². The van der Waals surface area contributed by atoms with E-state index in [0.29, 0.717) is 6.07 Å². The van der Waals surface area contributed by atoms with E-state index in [1.165, 1.54) is 25.1 Å². The lowest BCUT2D eigenvalue weighted by molar-refractivity contribution is -0.138. The van der Waals surface area contributed by atoms with Crippen LogP contribution < -0.4 is 11.1 Å². The number of nitrogens with one attached hydrogen (secondary N) is 1. The first-order valence-electron chi connectivity index (χ1n) is 8.64. The molecule has 1 amide bonds. The molecule has 0 aromatic heterocycles. The van der Waals surface area contributed by atoms with Gasteiger partial charge in [-0.2, -0.15) is 36.9 Å². The quantitative estimate of drug-likeness (QED) is 0.295. The second-order valence-electron chi connectivity index (χ2n) is 6.65. The fourth-order valence-electron chi connectivity index (χ4n) is 2.17. The predicted octanol–water partition coefficient (Wildman–Crippen LogP) is 4.82. The Hall–Kier alpha value is -3.29. The SMILES string of the molecule is CC(O)(CBr)C(=O)Nc1ccc(C#N)c(C(F)(F)F)c1.N#Cc1ccc(N)cc1C(F)(F)F. The van der Waals surface area contributed by atoms with Gasteiger partial charge in [0.1, 0.15) is 5.60 Å². The van der Waals surface area contributed by atoms with E-state index >= 15 is 0 Å². The maximum atomic E-state index is 12.7. The van der Waals surface area contributed by atoms with Gasteiger partial charge in [0.05, 0.1) is 34.4 Å². The Bertz CT molecular complexity index is 1100. The van der Waals surface area contributed by atoms with Crippen molar-refractivity contribution in [2.24, 2.45) is 0 Å². The summed E-state index contributed by atoms with van der Waals surface area (Å²) in [7, 11) is 0. The topological polar surface area (TPSA) is 123 Å². The minimum atomic E-state index is -4.70. The van der Waals surface area contributed by atoms with Crippen molar-refractivity contribution in [1.82, 2.24) is 0 Å². The molecule has 0 aliphatic heterocycles. The van der Waals surface area contributed by atoms with Gasteiger partial charge in [-0.25, -0.2) is 0 Å². The van der Waals surface area contributed by atoms with Crippen LogP contribution in [0, 0.1) is 22.7 Å². The summed E-state index contributed by atoms with van der Waals surface area (Å²) in [5.74, 6) is -0.854. The number of nitrogens with two attached hydrogens (primary N) is 1. The van der Waals surface area contributed by atoms with Crippen LogP contribution in [0.15, 0.2) is 36.4 Å². The average molecular weight is 537 g/mol. The Kier molecular flexibility index (Phi) is 8.87. The molecule has 0 saturated heterocycles. The van der Waals surface area contributed by atoms with Crippen LogP contribution in [0.5, 0.6) is 0 Å². The van der Waals surface area contributed by atoms with E-state index in [2.05, 4.69) is 21.2 Å². The van der Waals surface area contributed by atoms with Crippen LogP contribution in [0.25, 0.3) is 0 Å². The summed E-state index contributed by atoms with van der Waals surface area (Å²) in [6.45, 7) is 1.21. The van der Waals surface area contributed by atoms with Crippen molar-refractivity contribution < 1.29 is 36.2 Å². The van der Waals surface area contributed by atoms with Crippen LogP contribution in [-0.4, -0.2) is 21.9 Å². The minimum Gasteiger partial charge on any atom is -0.399 e. The second-order valence-corrected chi connectivity index (χ2v) is 7.21. The average Bonchev–Trinajstić information content (AvgIpc) is 2.72. The lowest BCUT2D eigenvalue weighted by Gasteiger charge is -2.20. The number of aliphatic hydroxyl groups is 1. The third kappa shape index (κ3) is 7.66. The molecule has 13 heteroatoms. The number of carbonyl (C=O) groups is 1.